The van der Waals surface area contributed by atoms with E-state index >= 15 is 0 Å². The van der Waals surface area contributed by atoms with Gasteiger partial charge in [-0.2, -0.15) is 5.26 Å². The zero-order valence-electron chi connectivity index (χ0n) is 9.29. The maximum atomic E-state index is 11.8. The summed E-state index contributed by atoms with van der Waals surface area (Å²) in [7, 11) is 0. The number of benzene rings is 1. The van der Waals surface area contributed by atoms with Gasteiger partial charge in [0, 0.05) is 11.9 Å². The van der Waals surface area contributed by atoms with Crippen LogP contribution < -0.4 is 5.32 Å². The van der Waals surface area contributed by atoms with E-state index < -0.39 is 5.91 Å². The number of carbonyl (C=O) groups is 1. The van der Waals surface area contributed by atoms with Crippen LogP contribution in [0.3, 0.4) is 0 Å². The minimum absolute atomic E-state index is 0.148. The van der Waals surface area contributed by atoms with Crippen molar-refractivity contribution < 1.29 is 9.90 Å². The molecular weight excluding hydrogens is 230 g/mol. The molecular formula is C13H9N3O2. The van der Waals surface area contributed by atoms with Gasteiger partial charge in [0.15, 0.2) is 0 Å². The van der Waals surface area contributed by atoms with Gasteiger partial charge in [-0.05, 0) is 30.3 Å². The first-order valence-electron chi connectivity index (χ1n) is 5.15. The molecule has 0 saturated carbocycles. The predicted molar refractivity (Wildman–Crippen MR) is 65.0 cm³/mol. The summed E-state index contributed by atoms with van der Waals surface area (Å²) >= 11 is 0. The molecule has 0 aliphatic heterocycles. The highest BCUT2D eigenvalue weighted by molar-refractivity contribution is 6.05. The summed E-state index contributed by atoms with van der Waals surface area (Å²) in [5, 5.41) is 20.7. The second kappa shape index (κ2) is 4.97. The molecule has 1 heterocycles. The van der Waals surface area contributed by atoms with Crippen LogP contribution in [-0.4, -0.2) is 16.0 Å². The Bertz CT molecular complexity index is 615. The Labute approximate surface area is 103 Å². The van der Waals surface area contributed by atoms with Gasteiger partial charge >= 0.3 is 0 Å². The first kappa shape index (κ1) is 11.6. The van der Waals surface area contributed by atoms with E-state index in [1.165, 1.54) is 18.5 Å². The third-order valence-electron chi connectivity index (χ3n) is 2.32. The number of nitrogens with one attached hydrogen (secondary N) is 1. The van der Waals surface area contributed by atoms with Crippen LogP contribution in [0, 0.1) is 11.3 Å². The fourth-order valence-corrected chi connectivity index (χ4v) is 1.40. The average Bonchev–Trinajstić information content (AvgIpc) is 2.40. The summed E-state index contributed by atoms with van der Waals surface area (Å²) < 4.78 is 0. The van der Waals surface area contributed by atoms with Gasteiger partial charge in [0.05, 0.1) is 23.4 Å². The molecule has 18 heavy (non-hydrogen) atoms. The molecule has 0 bridgehead atoms. The Balaban J connectivity index is 2.17. The standard InChI is InChI=1S/C13H9N3O2/c14-7-9-1-3-10(4-2-9)16-13(18)11-5-6-15-8-12(11)17/h1-6,8,17H,(H,16,18). The SMILES string of the molecule is N#Cc1ccc(NC(=O)c2ccncc2O)cc1. The lowest BCUT2D eigenvalue weighted by Crippen LogP contribution is -2.12. The summed E-state index contributed by atoms with van der Waals surface area (Å²) in [5.74, 6) is -0.608. The minimum atomic E-state index is -0.431. The van der Waals surface area contributed by atoms with Crippen LogP contribution in [0.5, 0.6) is 5.75 Å². The van der Waals surface area contributed by atoms with Gasteiger partial charge in [-0.1, -0.05) is 0 Å². The normalized spacial score (nSPS) is 9.50. The number of hydrogen-bond donors (Lipinski definition) is 2. The second-order valence-electron chi connectivity index (χ2n) is 3.54. The smallest absolute Gasteiger partial charge is 0.259 e. The summed E-state index contributed by atoms with van der Waals surface area (Å²) in [4.78, 5) is 15.5. The number of aromatic hydroxyl groups is 1. The van der Waals surface area contributed by atoms with E-state index in [1.54, 1.807) is 24.3 Å². The van der Waals surface area contributed by atoms with Crippen molar-refractivity contribution in [3.05, 3.63) is 53.9 Å². The number of hydrogen-bond acceptors (Lipinski definition) is 4. The molecule has 5 nitrogen and oxygen atoms in total. The fourth-order valence-electron chi connectivity index (χ4n) is 1.40. The molecule has 2 aromatic rings. The number of carbonyl (C=O) groups excluding carboxylic acids is 1. The van der Waals surface area contributed by atoms with E-state index in [9.17, 15) is 9.90 Å². The lowest BCUT2D eigenvalue weighted by atomic mass is 10.2. The van der Waals surface area contributed by atoms with E-state index in [0.29, 0.717) is 11.3 Å². The van der Waals surface area contributed by atoms with Gasteiger partial charge in [-0.25, -0.2) is 0 Å². The molecule has 1 amide bonds. The van der Waals surface area contributed by atoms with Crippen molar-refractivity contribution in [3.8, 4) is 11.8 Å². The van der Waals surface area contributed by atoms with Crippen molar-refractivity contribution >= 4 is 11.6 Å². The van der Waals surface area contributed by atoms with Gasteiger partial charge in [-0.15, -0.1) is 0 Å². The Morgan fingerprint density at radius 3 is 2.61 bits per heavy atom. The van der Waals surface area contributed by atoms with Crippen LogP contribution in [0.1, 0.15) is 15.9 Å². The summed E-state index contributed by atoms with van der Waals surface area (Å²) in [6.07, 6.45) is 2.63. The van der Waals surface area contributed by atoms with Crippen LogP contribution in [0.2, 0.25) is 0 Å². The quantitative estimate of drug-likeness (QED) is 0.838. The molecule has 2 N–H and O–H groups in total. The second-order valence-corrected chi connectivity index (χ2v) is 3.54. The van der Waals surface area contributed by atoms with Crippen molar-refractivity contribution in [2.45, 2.75) is 0 Å². The lowest BCUT2D eigenvalue weighted by Gasteiger charge is -2.06. The predicted octanol–water partition coefficient (Wildman–Crippen LogP) is 1.91. The monoisotopic (exact) mass is 239 g/mol. The van der Waals surface area contributed by atoms with Crippen LogP contribution in [-0.2, 0) is 0 Å². The van der Waals surface area contributed by atoms with Gasteiger partial charge in [0.2, 0.25) is 0 Å². The molecule has 0 saturated heterocycles. The molecule has 1 aromatic heterocycles. The fraction of sp³-hybridized carbons (Fsp3) is 0. The van der Waals surface area contributed by atoms with Crippen molar-refractivity contribution in [2.24, 2.45) is 0 Å². The molecule has 1 aromatic carbocycles. The Morgan fingerprint density at radius 1 is 1.28 bits per heavy atom. The molecule has 88 valence electrons. The van der Waals surface area contributed by atoms with Gasteiger partial charge < -0.3 is 10.4 Å². The highest BCUT2D eigenvalue weighted by atomic mass is 16.3. The van der Waals surface area contributed by atoms with Crippen molar-refractivity contribution in [1.29, 1.82) is 5.26 Å². The van der Waals surface area contributed by atoms with E-state index in [-0.39, 0.29) is 11.3 Å². The molecule has 0 aliphatic carbocycles. The number of nitriles is 1. The van der Waals surface area contributed by atoms with Crippen molar-refractivity contribution in [1.82, 2.24) is 4.98 Å². The average molecular weight is 239 g/mol. The Morgan fingerprint density at radius 2 is 2.00 bits per heavy atom. The van der Waals surface area contributed by atoms with Gasteiger partial charge in [-0.3, -0.25) is 9.78 Å². The molecule has 0 atom stereocenters. The van der Waals surface area contributed by atoms with Crippen LogP contribution in [0.4, 0.5) is 5.69 Å². The Kier molecular flexibility index (Phi) is 3.21. The molecule has 0 spiro atoms. The highest BCUT2D eigenvalue weighted by Gasteiger charge is 2.10. The largest absolute Gasteiger partial charge is 0.505 e. The van der Waals surface area contributed by atoms with E-state index in [2.05, 4.69) is 10.3 Å². The van der Waals surface area contributed by atoms with E-state index in [4.69, 9.17) is 5.26 Å². The number of amides is 1. The first-order chi connectivity index (χ1) is 8.70. The third kappa shape index (κ3) is 2.44. The van der Waals surface area contributed by atoms with Gasteiger partial charge in [0.1, 0.15) is 5.75 Å². The molecule has 5 heteroatoms. The topological polar surface area (TPSA) is 86.0 Å². The van der Waals surface area contributed by atoms with Crippen LogP contribution >= 0.6 is 0 Å². The molecule has 0 fully saturated rings. The molecule has 2 rings (SSSR count). The summed E-state index contributed by atoms with van der Waals surface area (Å²) in [6, 6.07) is 9.85. The number of aromatic nitrogens is 1. The number of rotatable bonds is 2. The van der Waals surface area contributed by atoms with E-state index in [0.717, 1.165) is 0 Å². The highest BCUT2D eigenvalue weighted by Crippen LogP contribution is 2.16. The summed E-state index contributed by atoms with van der Waals surface area (Å²) in [6.45, 7) is 0. The Hall–Kier alpha value is -2.87. The van der Waals surface area contributed by atoms with Crippen LogP contribution in [0.25, 0.3) is 0 Å². The zero-order chi connectivity index (χ0) is 13.0. The molecule has 0 unspecified atom stereocenters. The third-order valence-corrected chi connectivity index (χ3v) is 2.32. The van der Waals surface area contributed by atoms with Gasteiger partial charge in [0.25, 0.3) is 5.91 Å². The van der Waals surface area contributed by atoms with Crippen LogP contribution in [0.15, 0.2) is 42.7 Å². The molecule has 0 radical (unpaired) electrons. The molecule has 0 aliphatic rings. The lowest BCUT2D eigenvalue weighted by molar-refractivity contribution is 0.102. The maximum absolute atomic E-state index is 11.8. The zero-order valence-corrected chi connectivity index (χ0v) is 9.29. The number of nitrogens with zero attached hydrogens (tertiary/aromatic N) is 2. The van der Waals surface area contributed by atoms with E-state index in [1.807, 2.05) is 6.07 Å². The number of pyridine rings is 1. The van der Waals surface area contributed by atoms with Crippen molar-refractivity contribution in [3.63, 3.8) is 0 Å². The minimum Gasteiger partial charge on any atom is -0.505 e. The maximum Gasteiger partial charge on any atom is 0.259 e. The van der Waals surface area contributed by atoms with Crippen molar-refractivity contribution in [2.75, 3.05) is 5.32 Å². The first-order valence-corrected chi connectivity index (χ1v) is 5.15. The summed E-state index contributed by atoms with van der Waals surface area (Å²) in [5.41, 5.74) is 1.21. The number of anilines is 1.